The molecule has 0 saturated heterocycles. The van der Waals surface area contributed by atoms with Gasteiger partial charge in [-0.2, -0.15) is 0 Å². The van der Waals surface area contributed by atoms with E-state index in [1.54, 1.807) is 12.1 Å². The minimum Gasteiger partial charge on any atom is -0.349 e. The lowest BCUT2D eigenvalue weighted by Gasteiger charge is -2.18. The Balaban J connectivity index is 1.49. The third-order valence-electron chi connectivity index (χ3n) is 6.24. The van der Waals surface area contributed by atoms with E-state index in [-0.39, 0.29) is 29.2 Å². The van der Waals surface area contributed by atoms with Crippen LogP contribution in [0.2, 0.25) is 0 Å². The first kappa shape index (κ1) is 23.1. The Morgan fingerprint density at radius 2 is 1.70 bits per heavy atom. The zero-order valence-corrected chi connectivity index (χ0v) is 19.5. The standard InChI is InChI=1S/C26H28ClN3O3/c1-17-13-14-19(24(31)28-20-11-7-2-3-8-12-20)15-21(17)29-23-22(27)25(32)30(26(23)33)16-18-9-5-4-6-10-18/h4-6,9-10,13-15,20,29H,2-3,7-8,11-12,16H2,1H3,(H,28,31). The molecular weight excluding hydrogens is 438 g/mol. The van der Waals surface area contributed by atoms with E-state index in [1.165, 1.54) is 12.8 Å². The highest BCUT2D eigenvalue weighted by Crippen LogP contribution is 2.29. The van der Waals surface area contributed by atoms with Gasteiger partial charge in [0.15, 0.2) is 0 Å². The second kappa shape index (κ2) is 10.2. The van der Waals surface area contributed by atoms with Gasteiger partial charge in [-0.05, 0) is 43.0 Å². The molecule has 0 atom stereocenters. The second-order valence-electron chi connectivity index (χ2n) is 8.69. The van der Waals surface area contributed by atoms with Gasteiger partial charge in [0.05, 0.1) is 6.54 Å². The lowest BCUT2D eigenvalue weighted by Crippen LogP contribution is -2.34. The van der Waals surface area contributed by atoms with Crippen LogP contribution >= 0.6 is 11.6 Å². The quantitative estimate of drug-likeness (QED) is 0.470. The van der Waals surface area contributed by atoms with E-state index in [0.717, 1.165) is 41.7 Å². The summed E-state index contributed by atoms with van der Waals surface area (Å²) in [6, 6.07) is 14.8. The summed E-state index contributed by atoms with van der Waals surface area (Å²) >= 11 is 6.26. The Labute approximate surface area is 199 Å². The maximum Gasteiger partial charge on any atom is 0.279 e. The Bertz CT molecular complexity index is 1090. The normalized spacial score (nSPS) is 17.3. The van der Waals surface area contributed by atoms with Gasteiger partial charge in [-0.15, -0.1) is 0 Å². The van der Waals surface area contributed by atoms with E-state index in [2.05, 4.69) is 10.6 Å². The molecule has 0 spiro atoms. The van der Waals surface area contributed by atoms with Gasteiger partial charge in [0.2, 0.25) is 0 Å². The highest BCUT2D eigenvalue weighted by atomic mass is 35.5. The number of aryl methyl sites for hydroxylation is 1. The summed E-state index contributed by atoms with van der Waals surface area (Å²) in [5.74, 6) is -1.15. The first-order valence-corrected chi connectivity index (χ1v) is 11.8. The van der Waals surface area contributed by atoms with E-state index in [0.29, 0.717) is 11.3 Å². The third-order valence-corrected chi connectivity index (χ3v) is 6.60. The SMILES string of the molecule is Cc1ccc(C(=O)NC2CCCCCC2)cc1NC1=C(Cl)C(=O)N(Cc2ccccc2)C1=O. The summed E-state index contributed by atoms with van der Waals surface area (Å²) in [6.07, 6.45) is 6.70. The van der Waals surface area contributed by atoms with Crippen molar-refractivity contribution in [3.05, 3.63) is 76.0 Å². The van der Waals surface area contributed by atoms with Gasteiger partial charge in [0.1, 0.15) is 10.7 Å². The first-order valence-electron chi connectivity index (χ1n) is 11.4. The minimum atomic E-state index is -0.534. The Morgan fingerprint density at radius 3 is 2.39 bits per heavy atom. The van der Waals surface area contributed by atoms with Crippen LogP contribution in [0.15, 0.2) is 59.3 Å². The first-order chi connectivity index (χ1) is 15.9. The molecule has 2 aromatic rings. The molecule has 1 fully saturated rings. The highest BCUT2D eigenvalue weighted by Gasteiger charge is 2.38. The van der Waals surface area contributed by atoms with Crippen molar-refractivity contribution in [3.63, 3.8) is 0 Å². The number of halogens is 1. The molecule has 1 aliphatic carbocycles. The van der Waals surface area contributed by atoms with Crippen molar-refractivity contribution in [3.8, 4) is 0 Å². The van der Waals surface area contributed by atoms with Crippen molar-refractivity contribution in [1.82, 2.24) is 10.2 Å². The van der Waals surface area contributed by atoms with Gasteiger partial charge >= 0.3 is 0 Å². The van der Waals surface area contributed by atoms with Crippen molar-refractivity contribution in [2.24, 2.45) is 0 Å². The number of hydrogen-bond donors (Lipinski definition) is 2. The summed E-state index contributed by atoms with van der Waals surface area (Å²) in [5.41, 5.74) is 2.77. The molecule has 1 heterocycles. The lowest BCUT2D eigenvalue weighted by atomic mass is 10.1. The van der Waals surface area contributed by atoms with Crippen LogP contribution < -0.4 is 10.6 Å². The van der Waals surface area contributed by atoms with E-state index < -0.39 is 11.8 Å². The molecule has 33 heavy (non-hydrogen) atoms. The fourth-order valence-electron chi connectivity index (χ4n) is 4.29. The van der Waals surface area contributed by atoms with Crippen LogP contribution in [0.4, 0.5) is 5.69 Å². The number of imide groups is 1. The number of nitrogens with zero attached hydrogens (tertiary/aromatic N) is 1. The molecule has 172 valence electrons. The number of benzene rings is 2. The maximum absolute atomic E-state index is 13.0. The average Bonchev–Trinajstić information content (AvgIpc) is 3.01. The molecule has 0 unspecified atom stereocenters. The third kappa shape index (κ3) is 5.28. The summed E-state index contributed by atoms with van der Waals surface area (Å²) < 4.78 is 0. The summed E-state index contributed by atoms with van der Waals surface area (Å²) in [5, 5.41) is 6.01. The van der Waals surface area contributed by atoms with Crippen LogP contribution in [0, 0.1) is 6.92 Å². The van der Waals surface area contributed by atoms with E-state index in [9.17, 15) is 14.4 Å². The molecule has 1 saturated carbocycles. The predicted octanol–water partition coefficient (Wildman–Crippen LogP) is 4.88. The number of amides is 3. The Hall–Kier alpha value is -3.12. The monoisotopic (exact) mass is 465 g/mol. The molecule has 3 amide bonds. The average molecular weight is 466 g/mol. The molecule has 0 aromatic heterocycles. The largest absolute Gasteiger partial charge is 0.349 e. The van der Waals surface area contributed by atoms with Crippen molar-refractivity contribution in [2.45, 2.75) is 58.0 Å². The molecule has 7 heteroatoms. The van der Waals surface area contributed by atoms with E-state index >= 15 is 0 Å². The van der Waals surface area contributed by atoms with Crippen LogP contribution in [0.1, 0.15) is 60.0 Å². The van der Waals surface area contributed by atoms with Gasteiger partial charge in [-0.25, -0.2) is 0 Å². The van der Waals surface area contributed by atoms with Crippen LogP contribution in [0.25, 0.3) is 0 Å². The smallest absolute Gasteiger partial charge is 0.279 e. The van der Waals surface area contributed by atoms with Gasteiger partial charge in [-0.3, -0.25) is 19.3 Å². The Morgan fingerprint density at radius 1 is 1.00 bits per heavy atom. The minimum absolute atomic E-state index is 0.0297. The Kier molecular flexibility index (Phi) is 7.14. The molecule has 0 radical (unpaired) electrons. The summed E-state index contributed by atoms with van der Waals surface area (Å²) in [7, 11) is 0. The number of carbonyl (C=O) groups is 3. The molecule has 2 N–H and O–H groups in total. The van der Waals surface area contributed by atoms with Gasteiger partial charge in [0, 0.05) is 17.3 Å². The van der Waals surface area contributed by atoms with E-state index in [4.69, 9.17) is 11.6 Å². The summed E-state index contributed by atoms with van der Waals surface area (Å²) in [6.45, 7) is 2.01. The van der Waals surface area contributed by atoms with Crippen LogP contribution in [-0.2, 0) is 16.1 Å². The fourth-order valence-corrected chi connectivity index (χ4v) is 4.52. The van der Waals surface area contributed by atoms with Gasteiger partial charge in [-0.1, -0.05) is 73.7 Å². The molecule has 2 aliphatic rings. The van der Waals surface area contributed by atoms with Gasteiger partial charge in [0.25, 0.3) is 17.7 Å². The predicted molar refractivity (Wildman–Crippen MR) is 129 cm³/mol. The zero-order valence-electron chi connectivity index (χ0n) is 18.7. The van der Waals surface area contributed by atoms with E-state index in [1.807, 2.05) is 43.3 Å². The molecule has 2 aromatic carbocycles. The number of hydrogen-bond acceptors (Lipinski definition) is 4. The molecular formula is C26H28ClN3O3. The molecule has 4 rings (SSSR count). The summed E-state index contributed by atoms with van der Waals surface area (Å²) in [4.78, 5) is 39.6. The van der Waals surface area contributed by atoms with Gasteiger partial charge < -0.3 is 10.6 Å². The number of rotatable bonds is 6. The van der Waals surface area contributed by atoms with Crippen molar-refractivity contribution in [1.29, 1.82) is 0 Å². The number of anilines is 1. The molecule has 0 bridgehead atoms. The van der Waals surface area contributed by atoms with Crippen LogP contribution in [0.3, 0.4) is 0 Å². The van der Waals surface area contributed by atoms with Crippen molar-refractivity contribution in [2.75, 3.05) is 5.32 Å². The van der Waals surface area contributed by atoms with Crippen molar-refractivity contribution < 1.29 is 14.4 Å². The van der Waals surface area contributed by atoms with Crippen LogP contribution in [-0.4, -0.2) is 28.7 Å². The number of carbonyl (C=O) groups excluding carboxylic acids is 3. The number of nitrogens with one attached hydrogen (secondary N) is 2. The van der Waals surface area contributed by atoms with Crippen LogP contribution in [0.5, 0.6) is 0 Å². The highest BCUT2D eigenvalue weighted by molar-refractivity contribution is 6.48. The molecule has 1 aliphatic heterocycles. The second-order valence-corrected chi connectivity index (χ2v) is 9.07. The van der Waals surface area contributed by atoms with Crippen molar-refractivity contribution >= 4 is 35.0 Å². The molecule has 6 nitrogen and oxygen atoms in total. The lowest BCUT2D eigenvalue weighted by molar-refractivity contribution is -0.138. The maximum atomic E-state index is 13.0. The fraction of sp³-hybridized carbons (Fsp3) is 0.346. The zero-order chi connectivity index (χ0) is 23.4. The topological polar surface area (TPSA) is 78.5 Å².